The lowest BCUT2D eigenvalue weighted by molar-refractivity contribution is -0.170. The van der Waals surface area contributed by atoms with E-state index < -0.39 is 23.9 Å². The van der Waals surface area contributed by atoms with Crippen molar-refractivity contribution in [3.05, 3.63) is 54.2 Å². The van der Waals surface area contributed by atoms with Crippen molar-refractivity contribution < 1.29 is 22.0 Å². The van der Waals surface area contributed by atoms with E-state index in [1.165, 1.54) is 16.8 Å². The summed E-state index contributed by atoms with van der Waals surface area (Å²) in [6.45, 7) is 1.15. The minimum absolute atomic E-state index is 0.00133. The lowest BCUT2D eigenvalue weighted by atomic mass is 9.61. The molecule has 4 aromatic rings. The Labute approximate surface area is 207 Å². The molecule has 0 radical (unpaired) electrons. The molecule has 192 valence electrons. The molecule has 1 spiro atoms. The fourth-order valence-corrected chi connectivity index (χ4v) is 5.13. The van der Waals surface area contributed by atoms with Crippen molar-refractivity contribution in [1.29, 1.82) is 0 Å². The number of aromatic nitrogens is 6. The number of aryl methyl sites for hydroxylation is 1. The van der Waals surface area contributed by atoms with Crippen LogP contribution in [0.15, 0.2) is 42.7 Å². The van der Waals surface area contributed by atoms with Gasteiger partial charge in [-0.05, 0) is 30.3 Å². The summed E-state index contributed by atoms with van der Waals surface area (Å²) in [6, 6.07) is 7.73. The van der Waals surface area contributed by atoms with Gasteiger partial charge in [0.1, 0.15) is 17.3 Å². The second-order valence-corrected chi connectivity index (χ2v) is 9.67. The van der Waals surface area contributed by atoms with Crippen molar-refractivity contribution in [3.8, 4) is 22.5 Å². The van der Waals surface area contributed by atoms with E-state index in [0.29, 0.717) is 41.9 Å². The number of anilines is 3. The van der Waals surface area contributed by atoms with Crippen LogP contribution in [0.5, 0.6) is 0 Å². The molecule has 1 aromatic carbocycles. The zero-order valence-electron chi connectivity index (χ0n) is 19.5. The van der Waals surface area contributed by atoms with Gasteiger partial charge in [-0.1, -0.05) is 0 Å². The van der Waals surface area contributed by atoms with Crippen LogP contribution in [0.25, 0.3) is 22.5 Å². The first-order valence-electron chi connectivity index (χ1n) is 11.5. The van der Waals surface area contributed by atoms with E-state index in [9.17, 15) is 22.0 Å². The second kappa shape index (κ2) is 8.25. The van der Waals surface area contributed by atoms with E-state index in [4.69, 9.17) is 0 Å². The number of hydrogen-bond donors (Lipinski definition) is 2. The first kappa shape index (κ1) is 23.4. The maximum absolute atomic E-state index is 14.8. The normalized spacial score (nSPS) is 17.6. The summed E-state index contributed by atoms with van der Waals surface area (Å²) in [5.74, 6) is -1.81. The Bertz CT molecular complexity index is 1450. The smallest absolute Gasteiger partial charge is 0.280 e. The summed E-state index contributed by atoms with van der Waals surface area (Å²) >= 11 is 0. The quantitative estimate of drug-likeness (QED) is 0.337. The Hall–Kier alpha value is -4.03. The number of benzene rings is 1. The minimum atomic E-state index is -2.81. The summed E-state index contributed by atoms with van der Waals surface area (Å²) < 4.78 is 69.0. The van der Waals surface area contributed by atoms with Crippen molar-refractivity contribution in [3.63, 3.8) is 0 Å². The second-order valence-electron chi connectivity index (χ2n) is 9.67. The third kappa shape index (κ3) is 4.17. The average molecular weight is 516 g/mol. The zero-order valence-corrected chi connectivity index (χ0v) is 19.5. The number of halogens is 5. The highest BCUT2D eigenvalue weighted by molar-refractivity contribution is 5.70. The topological polar surface area (TPSA) is 87.6 Å². The number of pyridine rings is 1. The van der Waals surface area contributed by atoms with E-state index >= 15 is 0 Å². The molecule has 0 atom stereocenters. The summed E-state index contributed by atoms with van der Waals surface area (Å²) in [4.78, 5) is 10.9. The predicted octanol–water partition coefficient (Wildman–Crippen LogP) is 5.32. The number of nitrogens with zero attached hydrogens (tertiary/aromatic N) is 6. The van der Waals surface area contributed by atoms with Crippen LogP contribution in [0.4, 0.5) is 39.4 Å². The largest absolute Gasteiger partial charge is 0.355 e. The van der Waals surface area contributed by atoms with Crippen LogP contribution in [-0.4, -0.2) is 49.0 Å². The molecule has 2 fully saturated rings. The van der Waals surface area contributed by atoms with Crippen LogP contribution in [-0.2, 0) is 7.05 Å². The molecule has 2 aliphatic rings. The number of H-pyrrole nitrogens is 1. The SMILES string of the molecule is Cn1nc(-c2ccc(N3CC4(C3)CC(F)(F)C4)nc2)nc1Nc1ccc(-c2cn[nH]c2C(F)F)c(F)c1. The standard InChI is InChI=1S/C24H21F5N8/c1-36-22(32-14-3-4-15(17(25)6-14)16-8-31-34-19(16)20(26)27)33-21(35-36)13-2-5-18(30-7-13)37-11-23(12-37)9-24(28,29)10-23/h2-8,20H,9-12H2,1H3,(H,31,34)(H,32,33,35). The third-order valence-electron chi connectivity index (χ3n) is 6.82. The molecule has 0 amide bonds. The van der Waals surface area contributed by atoms with Gasteiger partial charge < -0.3 is 10.2 Å². The summed E-state index contributed by atoms with van der Waals surface area (Å²) in [6.07, 6.45) is -0.153. The summed E-state index contributed by atoms with van der Waals surface area (Å²) in [5.41, 5.74) is 0.267. The molecule has 0 bridgehead atoms. The highest BCUT2D eigenvalue weighted by atomic mass is 19.3. The lowest BCUT2D eigenvalue weighted by Gasteiger charge is -2.59. The molecular weight excluding hydrogens is 495 g/mol. The Morgan fingerprint density at radius 3 is 2.49 bits per heavy atom. The minimum Gasteiger partial charge on any atom is -0.355 e. The van der Waals surface area contributed by atoms with Gasteiger partial charge >= 0.3 is 0 Å². The highest BCUT2D eigenvalue weighted by Crippen LogP contribution is 2.57. The van der Waals surface area contributed by atoms with E-state index in [2.05, 4.69) is 30.6 Å². The number of aromatic amines is 1. The summed E-state index contributed by atoms with van der Waals surface area (Å²) in [5, 5.41) is 13.1. The Morgan fingerprint density at radius 2 is 1.84 bits per heavy atom. The van der Waals surface area contributed by atoms with Crippen LogP contribution in [0, 0.1) is 11.2 Å². The van der Waals surface area contributed by atoms with Gasteiger partial charge in [-0.3, -0.25) is 5.10 Å². The Kier molecular flexibility index (Phi) is 5.21. The Balaban J connectivity index is 1.14. The molecule has 0 unspecified atom stereocenters. The zero-order chi connectivity index (χ0) is 25.9. The van der Waals surface area contributed by atoms with Gasteiger partial charge in [-0.25, -0.2) is 31.6 Å². The van der Waals surface area contributed by atoms with Crippen molar-refractivity contribution in [2.45, 2.75) is 25.2 Å². The van der Waals surface area contributed by atoms with Crippen molar-refractivity contribution in [1.82, 2.24) is 29.9 Å². The number of nitrogens with one attached hydrogen (secondary N) is 2. The van der Waals surface area contributed by atoms with Crippen molar-refractivity contribution in [2.75, 3.05) is 23.3 Å². The summed E-state index contributed by atoms with van der Waals surface area (Å²) in [7, 11) is 1.67. The third-order valence-corrected chi connectivity index (χ3v) is 6.82. The molecule has 3 aromatic heterocycles. The van der Waals surface area contributed by atoms with Crippen LogP contribution in [0.1, 0.15) is 25.0 Å². The first-order valence-corrected chi connectivity index (χ1v) is 11.5. The molecule has 2 N–H and O–H groups in total. The van der Waals surface area contributed by atoms with Crippen LogP contribution >= 0.6 is 0 Å². The molecule has 8 nitrogen and oxygen atoms in total. The van der Waals surface area contributed by atoms with Gasteiger partial charge in [-0.15, -0.1) is 5.10 Å². The number of rotatable bonds is 6. The monoisotopic (exact) mass is 516 g/mol. The van der Waals surface area contributed by atoms with Crippen LogP contribution < -0.4 is 10.2 Å². The predicted molar refractivity (Wildman–Crippen MR) is 125 cm³/mol. The van der Waals surface area contributed by atoms with E-state index in [1.807, 2.05) is 11.0 Å². The lowest BCUT2D eigenvalue weighted by Crippen LogP contribution is -2.66. The van der Waals surface area contributed by atoms with Crippen molar-refractivity contribution in [2.24, 2.45) is 12.5 Å². The van der Waals surface area contributed by atoms with E-state index in [-0.39, 0.29) is 29.4 Å². The number of hydrogen-bond acceptors (Lipinski definition) is 6. The maximum Gasteiger partial charge on any atom is 0.280 e. The molecule has 6 rings (SSSR count). The van der Waals surface area contributed by atoms with Gasteiger partial charge in [0, 0.05) is 67.0 Å². The average Bonchev–Trinajstić information content (AvgIpc) is 3.43. The van der Waals surface area contributed by atoms with Gasteiger partial charge in [-0.2, -0.15) is 10.1 Å². The molecule has 4 heterocycles. The van der Waals surface area contributed by atoms with Crippen molar-refractivity contribution >= 4 is 17.5 Å². The van der Waals surface area contributed by atoms with Crippen LogP contribution in [0.3, 0.4) is 0 Å². The molecule has 1 aliphatic heterocycles. The fourth-order valence-electron chi connectivity index (χ4n) is 5.13. The number of alkyl halides is 4. The molecule has 37 heavy (non-hydrogen) atoms. The van der Waals surface area contributed by atoms with Crippen LogP contribution in [0.2, 0.25) is 0 Å². The molecule has 13 heteroatoms. The van der Waals surface area contributed by atoms with Gasteiger partial charge in [0.15, 0.2) is 5.82 Å². The van der Waals surface area contributed by atoms with Gasteiger partial charge in [0.2, 0.25) is 11.9 Å². The van der Waals surface area contributed by atoms with E-state index in [0.717, 1.165) is 6.20 Å². The molecule has 1 saturated carbocycles. The first-order chi connectivity index (χ1) is 17.6. The van der Waals surface area contributed by atoms with Gasteiger partial charge in [0.05, 0.1) is 6.20 Å². The Morgan fingerprint density at radius 1 is 1.05 bits per heavy atom. The molecule has 1 aliphatic carbocycles. The fraction of sp³-hybridized carbons (Fsp3) is 0.333. The van der Waals surface area contributed by atoms with Gasteiger partial charge in [0.25, 0.3) is 6.43 Å². The maximum atomic E-state index is 14.8. The molecular formula is C24H21F5N8. The highest BCUT2D eigenvalue weighted by Gasteiger charge is 2.61. The van der Waals surface area contributed by atoms with E-state index in [1.54, 1.807) is 25.4 Å². The molecule has 1 saturated heterocycles.